The van der Waals surface area contributed by atoms with E-state index in [0.29, 0.717) is 34.5 Å². The van der Waals surface area contributed by atoms with Gasteiger partial charge in [-0.25, -0.2) is 0 Å². The number of phenolic OH excluding ortho intramolecular Hbond substituents is 2. The Hall–Kier alpha value is -3.66. The molecule has 0 spiro atoms. The van der Waals surface area contributed by atoms with E-state index in [0.717, 1.165) is 4.90 Å². The Labute approximate surface area is 168 Å². The predicted octanol–water partition coefficient (Wildman–Crippen LogP) is 2.50. The number of hydrogen-bond donors (Lipinski definition) is 3. The number of amides is 3. The Balaban J connectivity index is 1.44. The molecule has 0 aromatic heterocycles. The van der Waals surface area contributed by atoms with Crippen LogP contribution in [0.15, 0.2) is 41.3 Å². The molecule has 4 rings (SSSR count). The summed E-state index contributed by atoms with van der Waals surface area (Å²) in [6, 6.07) is 8.87. The summed E-state index contributed by atoms with van der Waals surface area (Å²) < 4.78 is 10.4. The fourth-order valence-corrected chi connectivity index (χ4v) is 3.57. The molecule has 29 heavy (non-hydrogen) atoms. The van der Waals surface area contributed by atoms with Crippen molar-refractivity contribution in [3.8, 4) is 23.0 Å². The van der Waals surface area contributed by atoms with E-state index in [1.165, 1.54) is 24.3 Å². The minimum absolute atomic E-state index is 0.106. The highest BCUT2D eigenvalue weighted by atomic mass is 32.2. The van der Waals surface area contributed by atoms with Crippen LogP contribution in [-0.2, 0) is 9.59 Å². The second-order valence-electron chi connectivity index (χ2n) is 6.13. The summed E-state index contributed by atoms with van der Waals surface area (Å²) in [4.78, 5) is 37.9. The number of rotatable bonds is 4. The van der Waals surface area contributed by atoms with Gasteiger partial charge in [-0.3, -0.25) is 19.3 Å². The highest BCUT2D eigenvalue weighted by Gasteiger charge is 2.36. The zero-order valence-electron chi connectivity index (χ0n) is 14.7. The highest BCUT2D eigenvalue weighted by molar-refractivity contribution is 8.18. The van der Waals surface area contributed by atoms with Crippen LogP contribution in [0.4, 0.5) is 10.5 Å². The second-order valence-corrected chi connectivity index (χ2v) is 7.13. The van der Waals surface area contributed by atoms with Crippen molar-refractivity contribution in [2.45, 2.75) is 0 Å². The molecule has 3 N–H and O–H groups in total. The normalized spacial score (nSPS) is 16.6. The van der Waals surface area contributed by atoms with Crippen molar-refractivity contribution in [2.24, 2.45) is 0 Å². The lowest BCUT2D eigenvalue weighted by atomic mass is 10.2. The Morgan fingerprint density at radius 2 is 1.90 bits per heavy atom. The first-order chi connectivity index (χ1) is 13.9. The molecule has 3 amide bonds. The number of nitrogens with zero attached hydrogens (tertiary/aromatic N) is 1. The van der Waals surface area contributed by atoms with E-state index in [1.54, 1.807) is 18.2 Å². The van der Waals surface area contributed by atoms with Gasteiger partial charge in [0.05, 0.1) is 4.91 Å². The summed E-state index contributed by atoms with van der Waals surface area (Å²) in [6.45, 7) is -0.341. The van der Waals surface area contributed by atoms with Crippen LogP contribution in [0.25, 0.3) is 6.08 Å². The topological polar surface area (TPSA) is 125 Å². The fourth-order valence-electron chi connectivity index (χ4n) is 2.74. The van der Waals surface area contributed by atoms with Crippen LogP contribution in [0.2, 0.25) is 0 Å². The van der Waals surface area contributed by atoms with Gasteiger partial charge >= 0.3 is 0 Å². The van der Waals surface area contributed by atoms with Crippen LogP contribution < -0.4 is 14.8 Å². The molecule has 0 saturated carbocycles. The highest BCUT2D eigenvalue weighted by Crippen LogP contribution is 2.35. The molecule has 2 aliphatic heterocycles. The number of carbonyl (C=O) groups excluding carboxylic acids is 3. The number of aromatic hydroxyl groups is 2. The van der Waals surface area contributed by atoms with E-state index in [2.05, 4.69) is 5.32 Å². The Morgan fingerprint density at radius 3 is 2.69 bits per heavy atom. The number of fused-ring (bicyclic) bond motifs is 1. The van der Waals surface area contributed by atoms with Crippen LogP contribution in [0, 0.1) is 0 Å². The third-order valence-corrected chi connectivity index (χ3v) is 5.04. The molecule has 1 fully saturated rings. The maximum Gasteiger partial charge on any atom is 0.294 e. The number of nitrogens with one attached hydrogen (secondary N) is 1. The van der Waals surface area contributed by atoms with E-state index in [1.807, 2.05) is 0 Å². The molecule has 0 bridgehead atoms. The summed E-state index contributed by atoms with van der Waals surface area (Å²) in [5.41, 5.74) is 0.872. The Kier molecular flexibility index (Phi) is 4.77. The van der Waals surface area contributed by atoms with Crippen molar-refractivity contribution >= 4 is 40.6 Å². The number of anilines is 1. The smallest absolute Gasteiger partial charge is 0.294 e. The van der Waals surface area contributed by atoms with E-state index >= 15 is 0 Å². The Bertz CT molecular complexity index is 1070. The molecule has 0 aliphatic carbocycles. The summed E-state index contributed by atoms with van der Waals surface area (Å²) in [5.74, 6) is -0.743. The number of carbonyl (C=O) groups is 3. The zero-order chi connectivity index (χ0) is 20.5. The first-order valence-corrected chi connectivity index (χ1v) is 9.19. The van der Waals surface area contributed by atoms with Gasteiger partial charge in [0.25, 0.3) is 11.1 Å². The van der Waals surface area contributed by atoms with E-state index < -0.39 is 23.6 Å². The third kappa shape index (κ3) is 3.83. The molecule has 2 heterocycles. The summed E-state index contributed by atoms with van der Waals surface area (Å²) in [5, 5.41) is 20.9. The van der Waals surface area contributed by atoms with Crippen LogP contribution in [0.3, 0.4) is 0 Å². The number of phenols is 2. The van der Waals surface area contributed by atoms with Crippen molar-refractivity contribution in [1.82, 2.24) is 4.90 Å². The lowest BCUT2D eigenvalue weighted by molar-refractivity contribution is -0.127. The number of thioether (sulfide) groups is 1. The molecule has 2 aromatic carbocycles. The summed E-state index contributed by atoms with van der Waals surface area (Å²) in [7, 11) is 0. The first-order valence-electron chi connectivity index (χ1n) is 8.37. The zero-order valence-corrected chi connectivity index (χ0v) is 15.6. The number of hydrogen-bond acceptors (Lipinski definition) is 8. The van der Waals surface area contributed by atoms with Crippen molar-refractivity contribution < 1.29 is 34.1 Å². The molecule has 148 valence electrons. The maximum absolute atomic E-state index is 12.5. The first kappa shape index (κ1) is 18.7. The van der Waals surface area contributed by atoms with Crippen LogP contribution in [0.5, 0.6) is 23.0 Å². The minimum atomic E-state index is -0.617. The summed E-state index contributed by atoms with van der Waals surface area (Å²) in [6.07, 6.45) is 1.40. The molecule has 10 heteroatoms. The molecule has 1 saturated heterocycles. The quantitative estimate of drug-likeness (QED) is 0.515. The molecule has 2 aromatic rings. The van der Waals surface area contributed by atoms with Crippen molar-refractivity contribution in [1.29, 1.82) is 0 Å². The fraction of sp³-hybridized carbons (Fsp3) is 0.105. The van der Waals surface area contributed by atoms with E-state index in [9.17, 15) is 24.6 Å². The van der Waals surface area contributed by atoms with E-state index in [-0.39, 0.29) is 23.2 Å². The lowest BCUT2D eigenvalue weighted by Crippen LogP contribution is -2.36. The van der Waals surface area contributed by atoms with Gasteiger partial charge in [0, 0.05) is 11.8 Å². The molecular formula is C19H14N2O7S. The number of ether oxygens (including phenoxy) is 2. The molecule has 0 atom stereocenters. The number of benzene rings is 2. The van der Waals surface area contributed by atoms with Crippen molar-refractivity contribution in [3.05, 3.63) is 46.9 Å². The average molecular weight is 414 g/mol. The van der Waals surface area contributed by atoms with Crippen LogP contribution in [0.1, 0.15) is 5.56 Å². The largest absolute Gasteiger partial charge is 0.504 e. The second kappa shape index (κ2) is 7.40. The van der Waals surface area contributed by atoms with Gasteiger partial charge in [-0.15, -0.1) is 0 Å². The molecule has 0 radical (unpaired) electrons. The van der Waals surface area contributed by atoms with Crippen LogP contribution in [-0.4, -0.2) is 45.5 Å². The third-order valence-electron chi connectivity index (χ3n) is 4.13. The SMILES string of the molecule is O=C(CN1C(=O)S/C(=C/c2ccc(O)c(O)c2)C1=O)Nc1ccc2c(c1)OCO2. The van der Waals surface area contributed by atoms with Gasteiger partial charge in [-0.2, -0.15) is 0 Å². The number of imide groups is 1. The van der Waals surface area contributed by atoms with Gasteiger partial charge in [0.15, 0.2) is 23.0 Å². The van der Waals surface area contributed by atoms with Crippen molar-refractivity contribution in [3.63, 3.8) is 0 Å². The molecular weight excluding hydrogens is 400 g/mol. The maximum atomic E-state index is 12.5. The average Bonchev–Trinajstić information content (AvgIpc) is 3.24. The van der Waals surface area contributed by atoms with Gasteiger partial charge in [-0.05, 0) is 47.7 Å². The summed E-state index contributed by atoms with van der Waals surface area (Å²) >= 11 is 0.689. The Morgan fingerprint density at radius 1 is 1.10 bits per heavy atom. The molecule has 9 nitrogen and oxygen atoms in total. The van der Waals surface area contributed by atoms with Gasteiger partial charge in [-0.1, -0.05) is 6.07 Å². The monoisotopic (exact) mass is 414 g/mol. The van der Waals surface area contributed by atoms with Gasteiger partial charge < -0.3 is 25.0 Å². The minimum Gasteiger partial charge on any atom is -0.504 e. The lowest BCUT2D eigenvalue weighted by Gasteiger charge is -2.12. The predicted molar refractivity (Wildman–Crippen MR) is 104 cm³/mol. The van der Waals surface area contributed by atoms with Gasteiger partial charge in [0.2, 0.25) is 12.7 Å². The van der Waals surface area contributed by atoms with Crippen LogP contribution >= 0.6 is 11.8 Å². The molecule has 2 aliphatic rings. The standard InChI is InChI=1S/C19H14N2O7S/c22-12-3-1-10(5-13(12)23)6-16-18(25)21(19(26)29-16)8-17(24)20-11-2-4-14-15(7-11)28-9-27-14/h1-7,22-23H,8-9H2,(H,20,24)/b16-6+. The molecule has 0 unspecified atom stereocenters. The van der Waals surface area contributed by atoms with Crippen molar-refractivity contribution in [2.75, 3.05) is 18.7 Å². The van der Waals surface area contributed by atoms with Gasteiger partial charge in [0.1, 0.15) is 6.54 Å². The van der Waals surface area contributed by atoms with E-state index in [4.69, 9.17) is 9.47 Å².